The number of amides is 3. The van der Waals surface area contributed by atoms with Gasteiger partial charge in [-0.2, -0.15) is 0 Å². The van der Waals surface area contributed by atoms with E-state index in [9.17, 15) is 14.4 Å². The Morgan fingerprint density at radius 2 is 1.93 bits per heavy atom. The van der Waals surface area contributed by atoms with E-state index in [0.717, 1.165) is 40.4 Å². The second kappa shape index (κ2) is 9.23. The third kappa shape index (κ3) is 5.23. The highest BCUT2D eigenvalue weighted by Gasteiger charge is 2.24. The first-order valence-electron chi connectivity index (χ1n) is 8.90. The zero-order valence-electron chi connectivity index (χ0n) is 15.4. The van der Waals surface area contributed by atoms with Crippen LogP contribution in [0.3, 0.4) is 0 Å². The van der Waals surface area contributed by atoms with Crippen LogP contribution >= 0.6 is 11.8 Å². The van der Waals surface area contributed by atoms with Gasteiger partial charge in [-0.3, -0.25) is 14.9 Å². The fourth-order valence-corrected chi connectivity index (χ4v) is 3.29. The highest BCUT2D eigenvalue weighted by atomic mass is 32.2. The first-order chi connectivity index (χ1) is 13.5. The Labute approximate surface area is 167 Å². The molecule has 3 amide bonds. The first kappa shape index (κ1) is 19.7. The van der Waals surface area contributed by atoms with E-state index in [-0.39, 0.29) is 17.8 Å². The summed E-state index contributed by atoms with van der Waals surface area (Å²) in [5.41, 5.74) is 3.73. The minimum absolute atomic E-state index is 0.202. The average molecular weight is 396 g/mol. The second-order valence-electron chi connectivity index (χ2n) is 6.18. The number of benzene rings is 2. The van der Waals surface area contributed by atoms with Crippen LogP contribution in [-0.2, 0) is 16.1 Å². The van der Waals surface area contributed by atoms with E-state index in [1.807, 2.05) is 55.5 Å². The molecule has 28 heavy (non-hydrogen) atoms. The van der Waals surface area contributed by atoms with E-state index < -0.39 is 6.09 Å². The zero-order valence-corrected chi connectivity index (χ0v) is 16.2. The molecule has 0 bridgehead atoms. The van der Waals surface area contributed by atoms with Crippen LogP contribution in [0.2, 0.25) is 0 Å². The lowest BCUT2D eigenvalue weighted by Crippen LogP contribution is -2.24. The number of nitrogens with one attached hydrogen (secondary N) is 2. The molecule has 1 aliphatic heterocycles. The molecule has 2 aromatic rings. The number of hydrogen-bond donors (Lipinski definition) is 2. The number of alkyl carbamates (subject to hydrolysis) is 1. The van der Waals surface area contributed by atoms with Gasteiger partial charge in [0, 0.05) is 6.54 Å². The third-order valence-electron chi connectivity index (χ3n) is 4.00. The Bertz CT molecular complexity index is 922. The maximum Gasteiger partial charge on any atom is 0.407 e. The Morgan fingerprint density at radius 1 is 1.14 bits per heavy atom. The lowest BCUT2D eigenvalue weighted by atomic mass is 10.0. The van der Waals surface area contributed by atoms with Crippen molar-refractivity contribution in [2.75, 3.05) is 6.54 Å². The second-order valence-corrected chi connectivity index (χ2v) is 7.19. The van der Waals surface area contributed by atoms with Crippen LogP contribution in [0, 0.1) is 0 Å². The molecular weight excluding hydrogens is 376 g/mol. The predicted molar refractivity (Wildman–Crippen MR) is 109 cm³/mol. The van der Waals surface area contributed by atoms with Crippen LogP contribution < -0.4 is 10.6 Å². The average Bonchev–Trinajstić information content (AvgIpc) is 3.02. The van der Waals surface area contributed by atoms with Gasteiger partial charge in [0.05, 0.1) is 4.91 Å². The molecule has 1 aliphatic rings. The van der Waals surface area contributed by atoms with Gasteiger partial charge in [0.2, 0.25) is 0 Å². The van der Waals surface area contributed by atoms with Crippen LogP contribution in [-0.4, -0.2) is 23.8 Å². The predicted octanol–water partition coefficient (Wildman–Crippen LogP) is 4.31. The molecule has 6 nitrogen and oxygen atoms in total. The van der Waals surface area contributed by atoms with E-state index in [4.69, 9.17) is 4.74 Å². The van der Waals surface area contributed by atoms with Gasteiger partial charge in [-0.15, -0.1) is 0 Å². The monoisotopic (exact) mass is 396 g/mol. The molecule has 0 spiro atoms. The number of ether oxygens (including phenoxy) is 1. The number of hydrogen-bond acceptors (Lipinski definition) is 5. The van der Waals surface area contributed by atoms with Crippen molar-refractivity contribution in [2.24, 2.45) is 0 Å². The molecule has 7 heteroatoms. The smallest absolute Gasteiger partial charge is 0.407 e. The SMILES string of the molecule is CCCNC(=O)OCc1cccc(-c2ccc(C=C3SC(=O)NC3=O)cc2)c1. The quantitative estimate of drug-likeness (QED) is 0.711. The standard InChI is InChI=1S/C21H20N2O4S/c1-2-10-22-20(25)27-13-15-4-3-5-17(11-15)16-8-6-14(7-9-16)12-18-19(24)23-21(26)28-18/h3-9,11-12H,2,10,13H2,1H3,(H,22,25)(H,23,24,26). The number of rotatable bonds is 6. The third-order valence-corrected chi connectivity index (χ3v) is 4.81. The van der Waals surface area contributed by atoms with Gasteiger partial charge in [0.25, 0.3) is 11.1 Å². The summed E-state index contributed by atoms with van der Waals surface area (Å²) in [5, 5.41) is 4.56. The minimum Gasteiger partial charge on any atom is -0.445 e. The number of carbonyl (C=O) groups excluding carboxylic acids is 3. The molecule has 0 radical (unpaired) electrons. The number of thioether (sulfide) groups is 1. The number of carbonyl (C=O) groups is 3. The van der Waals surface area contributed by atoms with Crippen molar-refractivity contribution >= 4 is 35.1 Å². The van der Waals surface area contributed by atoms with Crippen LogP contribution in [0.15, 0.2) is 53.4 Å². The highest BCUT2D eigenvalue weighted by Crippen LogP contribution is 2.27. The van der Waals surface area contributed by atoms with Crippen molar-refractivity contribution < 1.29 is 19.1 Å². The van der Waals surface area contributed by atoms with Crippen molar-refractivity contribution in [2.45, 2.75) is 20.0 Å². The first-order valence-corrected chi connectivity index (χ1v) is 9.71. The summed E-state index contributed by atoms with van der Waals surface area (Å²) in [5.74, 6) is -0.366. The summed E-state index contributed by atoms with van der Waals surface area (Å²) >= 11 is 0.899. The molecule has 2 aromatic carbocycles. The molecule has 1 fully saturated rings. The molecule has 144 valence electrons. The van der Waals surface area contributed by atoms with Gasteiger partial charge in [-0.25, -0.2) is 4.79 Å². The normalized spacial score (nSPS) is 14.8. The van der Waals surface area contributed by atoms with E-state index in [1.165, 1.54) is 0 Å². The van der Waals surface area contributed by atoms with Crippen LogP contribution in [0.4, 0.5) is 9.59 Å². The van der Waals surface area contributed by atoms with Crippen molar-refractivity contribution in [1.29, 1.82) is 0 Å². The maximum absolute atomic E-state index is 11.6. The highest BCUT2D eigenvalue weighted by molar-refractivity contribution is 8.18. The summed E-state index contributed by atoms with van der Waals surface area (Å²) < 4.78 is 5.21. The van der Waals surface area contributed by atoms with Crippen LogP contribution in [0.5, 0.6) is 0 Å². The molecule has 0 atom stereocenters. The molecule has 0 saturated carbocycles. The molecular formula is C21H20N2O4S. The minimum atomic E-state index is -0.419. The molecule has 2 N–H and O–H groups in total. The largest absolute Gasteiger partial charge is 0.445 e. The van der Waals surface area contributed by atoms with Gasteiger partial charge in [0.15, 0.2) is 0 Å². The molecule has 1 saturated heterocycles. The van der Waals surface area contributed by atoms with Gasteiger partial charge in [0.1, 0.15) is 6.61 Å². The van der Waals surface area contributed by atoms with Gasteiger partial charge >= 0.3 is 6.09 Å². The number of imide groups is 1. The Balaban J connectivity index is 1.67. The summed E-state index contributed by atoms with van der Waals surface area (Å²) in [6.07, 6.45) is 2.13. The maximum atomic E-state index is 11.6. The van der Waals surface area contributed by atoms with Crippen molar-refractivity contribution in [1.82, 2.24) is 10.6 Å². The van der Waals surface area contributed by atoms with Crippen LogP contribution in [0.25, 0.3) is 17.2 Å². The fraction of sp³-hybridized carbons (Fsp3) is 0.190. The van der Waals surface area contributed by atoms with Gasteiger partial charge in [-0.05, 0) is 52.6 Å². The Kier molecular flexibility index (Phi) is 6.49. The van der Waals surface area contributed by atoms with Crippen LogP contribution in [0.1, 0.15) is 24.5 Å². The lowest BCUT2D eigenvalue weighted by Gasteiger charge is -2.08. The Hall–Kier alpha value is -3.06. The van der Waals surface area contributed by atoms with Crippen molar-refractivity contribution in [3.05, 3.63) is 64.6 Å². The summed E-state index contributed by atoms with van der Waals surface area (Å²) in [6.45, 7) is 2.77. The molecule has 3 rings (SSSR count). The molecule has 0 aliphatic carbocycles. The Morgan fingerprint density at radius 3 is 2.61 bits per heavy atom. The van der Waals surface area contributed by atoms with Crippen molar-refractivity contribution in [3.63, 3.8) is 0 Å². The fourth-order valence-electron chi connectivity index (χ4n) is 2.61. The van der Waals surface area contributed by atoms with Crippen molar-refractivity contribution in [3.8, 4) is 11.1 Å². The summed E-state index contributed by atoms with van der Waals surface area (Å²) in [4.78, 5) is 34.8. The lowest BCUT2D eigenvalue weighted by molar-refractivity contribution is -0.115. The van der Waals surface area contributed by atoms with Gasteiger partial charge in [-0.1, -0.05) is 49.4 Å². The zero-order chi connectivity index (χ0) is 19.9. The van der Waals surface area contributed by atoms with Gasteiger partial charge < -0.3 is 10.1 Å². The summed E-state index contributed by atoms with van der Waals surface area (Å²) in [6, 6.07) is 15.4. The molecule has 0 unspecified atom stereocenters. The summed E-state index contributed by atoms with van der Waals surface area (Å²) in [7, 11) is 0. The molecule has 1 heterocycles. The van der Waals surface area contributed by atoms with E-state index >= 15 is 0 Å². The molecule has 0 aromatic heterocycles. The topological polar surface area (TPSA) is 84.5 Å². The van der Waals surface area contributed by atoms with E-state index in [0.29, 0.717) is 11.4 Å². The van der Waals surface area contributed by atoms with E-state index in [1.54, 1.807) is 6.08 Å². The van der Waals surface area contributed by atoms with E-state index in [2.05, 4.69) is 10.6 Å².